The van der Waals surface area contributed by atoms with E-state index < -0.39 is 6.10 Å². The number of hydrogen-bond donors (Lipinski definition) is 2. The van der Waals surface area contributed by atoms with Gasteiger partial charge in [-0.3, -0.25) is 4.90 Å². The first-order valence-corrected chi connectivity index (χ1v) is 7.21. The molecule has 1 aromatic carbocycles. The number of hydrogen-bond acceptors (Lipinski definition) is 3. The Morgan fingerprint density at radius 2 is 2.00 bits per heavy atom. The Balaban J connectivity index is 1.86. The summed E-state index contributed by atoms with van der Waals surface area (Å²) in [4.78, 5) is 2.31. The minimum absolute atomic E-state index is 0.224. The van der Waals surface area contributed by atoms with E-state index >= 15 is 0 Å². The summed E-state index contributed by atoms with van der Waals surface area (Å²) in [5.41, 5.74) is 2.20. The molecule has 1 aromatic rings. The Morgan fingerprint density at radius 1 is 1.32 bits per heavy atom. The van der Waals surface area contributed by atoms with Crippen LogP contribution in [-0.4, -0.2) is 40.9 Å². The lowest BCUT2D eigenvalue weighted by molar-refractivity contribution is 0.107. The number of aliphatic hydroxyl groups is 2. The number of rotatable bonds is 5. The van der Waals surface area contributed by atoms with Crippen molar-refractivity contribution in [2.24, 2.45) is 5.92 Å². The second kappa shape index (κ2) is 6.51. The quantitative estimate of drug-likeness (QED) is 0.855. The molecular weight excluding hydrogens is 238 g/mol. The smallest absolute Gasteiger partial charge is 0.0802 e. The van der Waals surface area contributed by atoms with Crippen LogP contribution in [0.1, 0.15) is 37.0 Å². The summed E-state index contributed by atoms with van der Waals surface area (Å²) in [5, 5.41) is 19.6. The summed E-state index contributed by atoms with van der Waals surface area (Å²) in [6.07, 6.45) is 1.47. The lowest BCUT2D eigenvalue weighted by atomic mass is 10.0. The van der Waals surface area contributed by atoms with Crippen LogP contribution in [0.3, 0.4) is 0 Å². The van der Waals surface area contributed by atoms with Crippen LogP contribution in [0.25, 0.3) is 0 Å². The summed E-state index contributed by atoms with van der Waals surface area (Å²) in [6, 6.07) is 8.33. The molecule has 1 aliphatic rings. The van der Waals surface area contributed by atoms with Crippen molar-refractivity contribution < 1.29 is 10.2 Å². The van der Waals surface area contributed by atoms with Crippen molar-refractivity contribution in [3.63, 3.8) is 0 Å². The molecule has 0 spiro atoms. The normalized spacial score (nSPS) is 25.7. The third-order valence-corrected chi connectivity index (χ3v) is 4.34. The highest BCUT2D eigenvalue weighted by molar-refractivity contribution is 5.23. The summed E-state index contributed by atoms with van der Waals surface area (Å²) >= 11 is 0. The van der Waals surface area contributed by atoms with Crippen LogP contribution in [0.2, 0.25) is 0 Å². The number of aliphatic hydroxyl groups excluding tert-OH is 2. The highest BCUT2D eigenvalue weighted by atomic mass is 16.3. The third-order valence-electron chi connectivity index (χ3n) is 4.34. The van der Waals surface area contributed by atoms with Gasteiger partial charge in [0.2, 0.25) is 0 Å². The van der Waals surface area contributed by atoms with Crippen molar-refractivity contribution in [2.45, 2.75) is 38.8 Å². The molecule has 0 radical (unpaired) electrons. The predicted octanol–water partition coefficient (Wildman–Crippen LogP) is 2.12. The zero-order valence-corrected chi connectivity index (χ0v) is 11.9. The standard InChI is InChI=1S/C16H25NO2/c1-12-3-5-14(6-4-12)16(19)8-10-17-9-7-13(2)15(17)11-18/h3-6,13,15-16,18-19H,7-11H2,1-2H3. The van der Waals surface area contributed by atoms with Crippen molar-refractivity contribution in [2.75, 3.05) is 19.7 Å². The van der Waals surface area contributed by atoms with Gasteiger partial charge in [-0.2, -0.15) is 0 Å². The van der Waals surface area contributed by atoms with E-state index in [2.05, 4.69) is 11.8 Å². The predicted molar refractivity (Wildman–Crippen MR) is 77.0 cm³/mol. The minimum atomic E-state index is -0.407. The molecule has 0 amide bonds. The summed E-state index contributed by atoms with van der Waals surface area (Å²) in [6.45, 7) is 6.35. The highest BCUT2D eigenvalue weighted by Crippen LogP contribution is 2.25. The molecule has 3 atom stereocenters. The lowest BCUT2D eigenvalue weighted by Gasteiger charge is -2.26. The lowest BCUT2D eigenvalue weighted by Crippen LogP contribution is -2.36. The Bertz CT molecular complexity index is 390. The largest absolute Gasteiger partial charge is 0.395 e. The fraction of sp³-hybridized carbons (Fsp3) is 0.625. The molecule has 1 aliphatic heterocycles. The molecule has 1 saturated heterocycles. The molecule has 1 heterocycles. The van der Waals surface area contributed by atoms with Gasteiger partial charge in [0.25, 0.3) is 0 Å². The van der Waals surface area contributed by atoms with E-state index in [1.165, 1.54) is 5.56 Å². The Labute approximate surface area is 115 Å². The number of nitrogens with zero attached hydrogens (tertiary/aromatic N) is 1. The van der Waals surface area contributed by atoms with E-state index in [9.17, 15) is 10.2 Å². The number of benzene rings is 1. The SMILES string of the molecule is Cc1ccc(C(O)CCN2CCC(C)C2CO)cc1. The van der Waals surface area contributed by atoms with E-state index in [0.717, 1.165) is 31.5 Å². The van der Waals surface area contributed by atoms with Gasteiger partial charge < -0.3 is 10.2 Å². The molecule has 106 valence electrons. The first-order valence-electron chi connectivity index (χ1n) is 7.21. The van der Waals surface area contributed by atoms with Crippen LogP contribution >= 0.6 is 0 Å². The average Bonchev–Trinajstić information content (AvgIpc) is 2.77. The van der Waals surface area contributed by atoms with Crippen molar-refractivity contribution in [1.82, 2.24) is 4.90 Å². The van der Waals surface area contributed by atoms with Gasteiger partial charge in [0.1, 0.15) is 0 Å². The second-order valence-electron chi connectivity index (χ2n) is 5.77. The minimum Gasteiger partial charge on any atom is -0.395 e. The Hall–Kier alpha value is -0.900. The molecule has 0 saturated carbocycles. The van der Waals surface area contributed by atoms with Gasteiger partial charge >= 0.3 is 0 Å². The zero-order valence-electron chi connectivity index (χ0n) is 11.9. The van der Waals surface area contributed by atoms with Gasteiger partial charge in [0, 0.05) is 12.6 Å². The van der Waals surface area contributed by atoms with Crippen molar-refractivity contribution >= 4 is 0 Å². The maximum atomic E-state index is 10.2. The molecule has 3 heteroatoms. The first-order chi connectivity index (χ1) is 9.11. The fourth-order valence-corrected chi connectivity index (χ4v) is 2.90. The van der Waals surface area contributed by atoms with Gasteiger partial charge in [-0.15, -0.1) is 0 Å². The van der Waals surface area contributed by atoms with Crippen molar-refractivity contribution in [3.8, 4) is 0 Å². The maximum absolute atomic E-state index is 10.2. The average molecular weight is 263 g/mol. The van der Waals surface area contributed by atoms with Crippen LogP contribution in [0.4, 0.5) is 0 Å². The summed E-state index contributed by atoms with van der Waals surface area (Å²) in [5.74, 6) is 0.557. The van der Waals surface area contributed by atoms with E-state index in [0.29, 0.717) is 5.92 Å². The molecule has 3 unspecified atom stereocenters. The van der Waals surface area contributed by atoms with Crippen LogP contribution in [0.5, 0.6) is 0 Å². The zero-order chi connectivity index (χ0) is 13.8. The van der Waals surface area contributed by atoms with Crippen LogP contribution < -0.4 is 0 Å². The van der Waals surface area contributed by atoms with Gasteiger partial charge in [0.15, 0.2) is 0 Å². The first kappa shape index (κ1) is 14.5. The molecular formula is C16H25NO2. The fourth-order valence-electron chi connectivity index (χ4n) is 2.90. The van der Waals surface area contributed by atoms with Gasteiger partial charge in [-0.25, -0.2) is 0 Å². The molecule has 0 aromatic heterocycles. The van der Waals surface area contributed by atoms with Crippen LogP contribution in [-0.2, 0) is 0 Å². The topological polar surface area (TPSA) is 43.7 Å². The molecule has 3 nitrogen and oxygen atoms in total. The third kappa shape index (κ3) is 3.56. The van der Waals surface area contributed by atoms with Crippen LogP contribution in [0.15, 0.2) is 24.3 Å². The van der Waals surface area contributed by atoms with Gasteiger partial charge in [-0.05, 0) is 37.8 Å². The molecule has 1 fully saturated rings. The molecule has 0 aliphatic carbocycles. The Morgan fingerprint density at radius 3 is 2.63 bits per heavy atom. The van der Waals surface area contributed by atoms with Crippen LogP contribution in [0, 0.1) is 12.8 Å². The van der Waals surface area contributed by atoms with Crippen molar-refractivity contribution in [3.05, 3.63) is 35.4 Å². The summed E-state index contributed by atoms with van der Waals surface area (Å²) in [7, 11) is 0. The molecule has 0 bridgehead atoms. The second-order valence-corrected chi connectivity index (χ2v) is 5.77. The van der Waals surface area contributed by atoms with E-state index in [1.54, 1.807) is 0 Å². The molecule has 2 rings (SSSR count). The van der Waals surface area contributed by atoms with E-state index in [-0.39, 0.29) is 12.6 Å². The summed E-state index contributed by atoms with van der Waals surface area (Å²) < 4.78 is 0. The maximum Gasteiger partial charge on any atom is 0.0802 e. The van der Waals surface area contributed by atoms with E-state index in [1.807, 2.05) is 31.2 Å². The molecule has 2 N–H and O–H groups in total. The van der Waals surface area contributed by atoms with E-state index in [4.69, 9.17) is 0 Å². The van der Waals surface area contributed by atoms with Gasteiger partial charge in [0.05, 0.1) is 12.7 Å². The monoisotopic (exact) mass is 263 g/mol. The van der Waals surface area contributed by atoms with Gasteiger partial charge in [-0.1, -0.05) is 36.8 Å². The number of aryl methyl sites for hydroxylation is 1. The Kier molecular flexibility index (Phi) is 4.97. The van der Waals surface area contributed by atoms with Crippen molar-refractivity contribution in [1.29, 1.82) is 0 Å². The number of likely N-dealkylation sites (tertiary alicyclic amines) is 1. The highest BCUT2D eigenvalue weighted by Gasteiger charge is 2.30. The molecule has 19 heavy (non-hydrogen) atoms.